The van der Waals surface area contributed by atoms with E-state index in [9.17, 15) is 4.79 Å². The summed E-state index contributed by atoms with van der Waals surface area (Å²) in [4.78, 5) is 15.3. The lowest BCUT2D eigenvalue weighted by molar-refractivity contribution is -0.143. The van der Waals surface area contributed by atoms with Crippen LogP contribution in [0.25, 0.3) is 0 Å². The zero-order valence-corrected chi connectivity index (χ0v) is 11.0. The first kappa shape index (κ1) is 13.2. The van der Waals surface area contributed by atoms with E-state index in [4.69, 9.17) is 9.47 Å². The van der Waals surface area contributed by atoms with Crippen LogP contribution in [0.5, 0.6) is 0 Å². The molecule has 5 nitrogen and oxygen atoms in total. The number of carbonyl (C=O) groups excluding carboxylic acids is 1. The van der Waals surface area contributed by atoms with E-state index in [2.05, 4.69) is 16.9 Å². The highest BCUT2D eigenvalue weighted by Crippen LogP contribution is 2.36. The molecule has 1 saturated heterocycles. The van der Waals surface area contributed by atoms with Gasteiger partial charge in [0.25, 0.3) is 0 Å². The van der Waals surface area contributed by atoms with E-state index in [1.165, 1.54) is 18.7 Å². The van der Waals surface area contributed by atoms with Crippen LogP contribution in [0.2, 0.25) is 0 Å². The van der Waals surface area contributed by atoms with E-state index in [1.54, 1.807) is 6.08 Å². The fourth-order valence-corrected chi connectivity index (χ4v) is 2.96. The van der Waals surface area contributed by atoms with Gasteiger partial charge in [-0.15, -0.1) is 6.58 Å². The summed E-state index contributed by atoms with van der Waals surface area (Å²) in [6.45, 7) is 6.38. The zero-order chi connectivity index (χ0) is 13.0. The van der Waals surface area contributed by atoms with Crippen LogP contribution in [0, 0.1) is 0 Å². The molecule has 0 aromatic heterocycles. The van der Waals surface area contributed by atoms with Gasteiger partial charge in [0.15, 0.2) is 5.17 Å². The van der Waals surface area contributed by atoms with E-state index in [0.29, 0.717) is 13.2 Å². The molecule has 2 atom stereocenters. The van der Waals surface area contributed by atoms with Gasteiger partial charge in [-0.3, -0.25) is 9.79 Å². The Labute approximate surface area is 110 Å². The van der Waals surface area contributed by atoms with E-state index < -0.39 is 5.54 Å². The third-order valence-corrected chi connectivity index (χ3v) is 3.84. The van der Waals surface area contributed by atoms with Crippen molar-refractivity contribution in [1.82, 2.24) is 5.32 Å². The van der Waals surface area contributed by atoms with Crippen LogP contribution in [0.15, 0.2) is 29.8 Å². The quantitative estimate of drug-likeness (QED) is 0.610. The number of esters is 1. The summed E-state index contributed by atoms with van der Waals surface area (Å²) in [6.07, 6.45) is 5.64. The van der Waals surface area contributed by atoms with Crippen LogP contribution in [0.1, 0.15) is 6.92 Å². The average Bonchev–Trinajstić information content (AvgIpc) is 2.72. The maximum absolute atomic E-state index is 11.0. The lowest BCUT2D eigenvalue weighted by atomic mass is 10.00. The number of nitrogens with zero attached hydrogens (tertiary/aromatic N) is 1. The van der Waals surface area contributed by atoms with Crippen molar-refractivity contribution in [2.75, 3.05) is 19.8 Å². The number of rotatable bonds is 4. The van der Waals surface area contributed by atoms with Crippen LogP contribution in [-0.4, -0.2) is 41.9 Å². The summed E-state index contributed by atoms with van der Waals surface area (Å²) in [5, 5.41) is 4.06. The monoisotopic (exact) mass is 268 g/mol. The van der Waals surface area contributed by atoms with Gasteiger partial charge in [0, 0.05) is 6.92 Å². The minimum Gasteiger partial charge on any atom is -0.463 e. The second-order valence-corrected chi connectivity index (χ2v) is 5.12. The minimum absolute atomic E-state index is 0.120. The molecule has 0 radical (unpaired) electrons. The maximum Gasteiger partial charge on any atom is 0.302 e. The first-order valence-corrected chi connectivity index (χ1v) is 6.57. The largest absolute Gasteiger partial charge is 0.463 e. The van der Waals surface area contributed by atoms with Crippen molar-refractivity contribution in [3.63, 3.8) is 0 Å². The molecule has 2 unspecified atom stereocenters. The van der Waals surface area contributed by atoms with Gasteiger partial charge in [0.1, 0.15) is 17.6 Å². The first-order chi connectivity index (χ1) is 8.66. The standard InChI is InChI=1S/C12H16N2O3S/c1-3-6-13-11-14-12(8-17-9(2)15)5-4-7-16-10(12)18-11/h3-5,10H,1,6-8H2,2H3,(H,13,14). The van der Waals surface area contributed by atoms with E-state index in [1.807, 2.05) is 12.2 Å². The number of hydrogen-bond acceptors (Lipinski definition) is 5. The molecular formula is C12H16N2O3S. The number of aliphatic imine (C=N–C) groups is 1. The van der Waals surface area contributed by atoms with Crippen molar-refractivity contribution in [2.24, 2.45) is 4.99 Å². The Hall–Kier alpha value is -1.27. The Balaban J connectivity index is 2.12. The predicted octanol–water partition coefficient (Wildman–Crippen LogP) is 1.08. The van der Waals surface area contributed by atoms with Crippen molar-refractivity contribution in [3.05, 3.63) is 24.8 Å². The molecule has 1 fully saturated rings. The molecule has 98 valence electrons. The van der Waals surface area contributed by atoms with Crippen LogP contribution in [0.4, 0.5) is 0 Å². The van der Waals surface area contributed by atoms with Crippen molar-refractivity contribution < 1.29 is 14.3 Å². The molecule has 0 aliphatic carbocycles. The average molecular weight is 268 g/mol. The van der Waals surface area contributed by atoms with Crippen LogP contribution in [-0.2, 0) is 14.3 Å². The van der Waals surface area contributed by atoms with Gasteiger partial charge in [0.05, 0.1) is 13.2 Å². The molecule has 18 heavy (non-hydrogen) atoms. The van der Waals surface area contributed by atoms with E-state index in [-0.39, 0.29) is 18.0 Å². The molecule has 0 bridgehead atoms. The highest BCUT2D eigenvalue weighted by atomic mass is 32.2. The molecule has 2 aliphatic rings. The van der Waals surface area contributed by atoms with Gasteiger partial charge in [-0.2, -0.15) is 0 Å². The number of amidine groups is 1. The lowest BCUT2D eigenvalue weighted by Gasteiger charge is -2.32. The van der Waals surface area contributed by atoms with E-state index >= 15 is 0 Å². The van der Waals surface area contributed by atoms with Crippen molar-refractivity contribution in [3.8, 4) is 0 Å². The number of hydrogen-bond donors (Lipinski definition) is 1. The van der Waals surface area contributed by atoms with Crippen molar-refractivity contribution in [2.45, 2.75) is 17.9 Å². The van der Waals surface area contributed by atoms with Crippen molar-refractivity contribution in [1.29, 1.82) is 0 Å². The summed E-state index contributed by atoms with van der Waals surface area (Å²) in [5.74, 6) is -0.301. The van der Waals surface area contributed by atoms with Gasteiger partial charge in [-0.25, -0.2) is 0 Å². The number of thioether (sulfide) groups is 1. The SMILES string of the molecule is C=CCN=C1NC2(COC(C)=O)C=CCOC2S1. The van der Waals surface area contributed by atoms with Gasteiger partial charge in [0.2, 0.25) is 0 Å². The van der Waals surface area contributed by atoms with Gasteiger partial charge in [-0.05, 0) is 0 Å². The molecule has 2 rings (SSSR count). The first-order valence-electron chi connectivity index (χ1n) is 5.69. The summed E-state index contributed by atoms with van der Waals surface area (Å²) in [7, 11) is 0. The van der Waals surface area contributed by atoms with Gasteiger partial charge >= 0.3 is 5.97 Å². The summed E-state index contributed by atoms with van der Waals surface area (Å²) >= 11 is 1.51. The number of carbonyl (C=O) groups is 1. The zero-order valence-electron chi connectivity index (χ0n) is 10.2. The highest BCUT2D eigenvalue weighted by Gasteiger charge is 2.48. The summed E-state index contributed by atoms with van der Waals surface area (Å²) < 4.78 is 10.8. The van der Waals surface area contributed by atoms with E-state index in [0.717, 1.165) is 5.17 Å². The molecule has 1 N–H and O–H groups in total. The molecule has 0 amide bonds. The number of ether oxygens (including phenoxy) is 2. The summed E-state index contributed by atoms with van der Waals surface area (Å²) in [6, 6.07) is 0. The summed E-state index contributed by atoms with van der Waals surface area (Å²) in [5.41, 5.74) is -0.625. The normalized spacial score (nSPS) is 31.8. The Kier molecular flexibility index (Phi) is 4.08. The van der Waals surface area contributed by atoms with Crippen LogP contribution >= 0.6 is 11.8 Å². The third-order valence-electron chi connectivity index (χ3n) is 2.62. The molecule has 0 aromatic carbocycles. The number of fused-ring (bicyclic) bond motifs is 1. The second kappa shape index (κ2) is 5.58. The Morgan fingerprint density at radius 1 is 1.89 bits per heavy atom. The second-order valence-electron chi connectivity index (χ2n) is 4.07. The lowest BCUT2D eigenvalue weighted by Crippen LogP contribution is -2.53. The number of nitrogens with one attached hydrogen (secondary N) is 1. The highest BCUT2D eigenvalue weighted by molar-refractivity contribution is 8.14. The fourth-order valence-electron chi connectivity index (χ4n) is 1.80. The molecular weight excluding hydrogens is 252 g/mol. The Morgan fingerprint density at radius 2 is 2.72 bits per heavy atom. The smallest absolute Gasteiger partial charge is 0.302 e. The Morgan fingerprint density at radius 3 is 3.44 bits per heavy atom. The predicted molar refractivity (Wildman–Crippen MR) is 71.5 cm³/mol. The fraction of sp³-hybridized carbons (Fsp3) is 0.500. The minimum atomic E-state index is -0.505. The molecule has 2 heterocycles. The van der Waals surface area contributed by atoms with Crippen molar-refractivity contribution >= 4 is 22.9 Å². The maximum atomic E-state index is 11.0. The van der Waals surface area contributed by atoms with Gasteiger partial charge in [-0.1, -0.05) is 30.0 Å². The molecule has 0 saturated carbocycles. The molecule has 0 aromatic rings. The topological polar surface area (TPSA) is 59.9 Å². The third kappa shape index (κ3) is 2.76. The Bertz CT molecular complexity index is 408. The van der Waals surface area contributed by atoms with Gasteiger partial charge < -0.3 is 14.8 Å². The molecule has 2 aliphatic heterocycles. The molecule has 0 spiro atoms. The van der Waals surface area contributed by atoms with Crippen LogP contribution in [0.3, 0.4) is 0 Å². The van der Waals surface area contributed by atoms with Crippen LogP contribution < -0.4 is 5.32 Å². The molecule has 6 heteroatoms.